The summed E-state index contributed by atoms with van der Waals surface area (Å²) in [5, 5.41) is 9.92. The summed E-state index contributed by atoms with van der Waals surface area (Å²) in [7, 11) is 1.55. The second-order valence-corrected chi connectivity index (χ2v) is 3.83. The Morgan fingerprint density at radius 3 is 2.62 bits per heavy atom. The van der Waals surface area contributed by atoms with E-state index in [1.165, 1.54) is 16.8 Å². The van der Waals surface area contributed by atoms with E-state index in [-0.39, 0.29) is 11.6 Å². The third-order valence-corrected chi connectivity index (χ3v) is 2.55. The van der Waals surface area contributed by atoms with Crippen LogP contribution in [-0.2, 0) is 7.05 Å². The fraction of sp³-hybridized carbons (Fsp3) is 0.100. The van der Waals surface area contributed by atoms with Crippen LogP contribution in [0, 0.1) is 0 Å². The maximum atomic E-state index is 11.7. The van der Waals surface area contributed by atoms with Crippen molar-refractivity contribution in [1.29, 1.82) is 0 Å². The molecule has 0 aliphatic carbocycles. The number of nitrogens with zero attached hydrogens (tertiary/aromatic N) is 2. The van der Waals surface area contributed by atoms with Gasteiger partial charge in [0.2, 0.25) is 5.88 Å². The Hall–Kier alpha value is -1.88. The highest BCUT2D eigenvalue weighted by atomic mass is 35.5. The summed E-state index contributed by atoms with van der Waals surface area (Å²) in [6.45, 7) is 0. The minimum atomic E-state index is -0.371. The summed E-state index contributed by atoms with van der Waals surface area (Å²) < 4.78 is 2.38. The molecule has 0 radical (unpaired) electrons. The Morgan fingerprint density at radius 2 is 2.12 bits per heavy atom. The largest absolute Gasteiger partial charge is 0.493 e. The second kappa shape index (κ2) is 3.61. The Labute approximate surface area is 96.3 Å². The molecule has 0 fully saturated rings. The monoisotopic (exact) mass is 239 g/mol. The lowest BCUT2D eigenvalue weighted by Gasteiger charge is -2.05. The molecular formula is C10H10ClN3O2. The molecule has 84 valence electrons. The zero-order valence-corrected chi connectivity index (χ0v) is 9.27. The topological polar surface area (TPSA) is 73.2 Å². The van der Waals surface area contributed by atoms with Crippen LogP contribution >= 0.6 is 11.6 Å². The molecule has 0 aliphatic rings. The lowest BCUT2D eigenvalue weighted by molar-refractivity contribution is 0.441. The molecule has 0 saturated carbocycles. The van der Waals surface area contributed by atoms with Crippen molar-refractivity contribution in [3.05, 3.63) is 39.9 Å². The van der Waals surface area contributed by atoms with Crippen molar-refractivity contribution < 1.29 is 5.11 Å². The van der Waals surface area contributed by atoms with E-state index in [9.17, 15) is 9.90 Å². The third kappa shape index (κ3) is 1.55. The van der Waals surface area contributed by atoms with Crippen LogP contribution in [0.2, 0.25) is 5.02 Å². The maximum absolute atomic E-state index is 11.7. The van der Waals surface area contributed by atoms with E-state index in [0.29, 0.717) is 16.4 Å². The summed E-state index contributed by atoms with van der Waals surface area (Å²) in [5.74, 6) is -0.167. The van der Waals surface area contributed by atoms with Gasteiger partial charge >= 0.3 is 5.69 Å². The van der Waals surface area contributed by atoms with Crippen molar-refractivity contribution in [3.63, 3.8) is 0 Å². The minimum Gasteiger partial charge on any atom is -0.493 e. The van der Waals surface area contributed by atoms with Gasteiger partial charge in [0.05, 0.1) is 16.9 Å². The number of imidazole rings is 1. The molecule has 1 heterocycles. The van der Waals surface area contributed by atoms with E-state index in [4.69, 9.17) is 17.3 Å². The van der Waals surface area contributed by atoms with Crippen LogP contribution in [-0.4, -0.2) is 14.2 Å². The molecule has 0 spiro atoms. The fourth-order valence-corrected chi connectivity index (χ4v) is 1.75. The molecule has 16 heavy (non-hydrogen) atoms. The van der Waals surface area contributed by atoms with Gasteiger partial charge in [-0.1, -0.05) is 11.6 Å². The van der Waals surface area contributed by atoms with Crippen LogP contribution in [0.3, 0.4) is 0 Å². The molecule has 0 bridgehead atoms. The minimum absolute atomic E-state index is 0.167. The van der Waals surface area contributed by atoms with Gasteiger partial charge in [0.1, 0.15) is 0 Å². The Morgan fingerprint density at radius 1 is 1.44 bits per heavy atom. The van der Waals surface area contributed by atoms with E-state index in [1.54, 1.807) is 19.2 Å². The molecule has 3 N–H and O–H groups in total. The normalized spacial score (nSPS) is 10.6. The number of nitrogens with two attached hydrogens (primary N) is 1. The van der Waals surface area contributed by atoms with Gasteiger partial charge < -0.3 is 10.8 Å². The second-order valence-electron chi connectivity index (χ2n) is 3.43. The number of hydrogen-bond donors (Lipinski definition) is 2. The SMILES string of the molecule is Cn1cc(O)n(-c2ccc(N)cc2Cl)c1=O. The predicted molar refractivity (Wildman–Crippen MR) is 62.1 cm³/mol. The summed E-state index contributed by atoms with van der Waals surface area (Å²) in [5.41, 5.74) is 6.08. The predicted octanol–water partition coefficient (Wildman–Crippen LogP) is 1.12. The van der Waals surface area contributed by atoms with E-state index >= 15 is 0 Å². The molecule has 0 atom stereocenters. The first kappa shape index (κ1) is 10.6. The van der Waals surface area contributed by atoms with E-state index in [2.05, 4.69) is 0 Å². The number of halogens is 1. The zero-order valence-electron chi connectivity index (χ0n) is 8.51. The van der Waals surface area contributed by atoms with E-state index in [1.807, 2.05) is 0 Å². The van der Waals surface area contributed by atoms with Crippen LogP contribution in [0.4, 0.5) is 5.69 Å². The first-order valence-corrected chi connectivity index (χ1v) is 4.91. The number of hydrogen-bond acceptors (Lipinski definition) is 3. The first-order chi connectivity index (χ1) is 7.50. The molecule has 1 aromatic heterocycles. The van der Waals surface area contributed by atoms with Crippen molar-refractivity contribution >= 4 is 17.3 Å². The van der Waals surface area contributed by atoms with Crippen molar-refractivity contribution in [3.8, 4) is 11.6 Å². The molecule has 0 amide bonds. The lowest BCUT2D eigenvalue weighted by atomic mass is 10.3. The van der Waals surface area contributed by atoms with Gasteiger partial charge in [-0.25, -0.2) is 9.36 Å². The molecule has 5 nitrogen and oxygen atoms in total. The third-order valence-electron chi connectivity index (χ3n) is 2.24. The van der Waals surface area contributed by atoms with E-state index in [0.717, 1.165) is 4.57 Å². The van der Waals surface area contributed by atoms with Gasteiger partial charge in [-0.15, -0.1) is 0 Å². The number of anilines is 1. The van der Waals surface area contributed by atoms with Gasteiger partial charge in [0.15, 0.2) is 0 Å². The summed E-state index contributed by atoms with van der Waals surface area (Å²) >= 11 is 5.96. The quantitative estimate of drug-likeness (QED) is 0.733. The highest BCUT2D eigenvalue weighted by Gasteiger charge is 2.12. The molecule has 6 heteroatoms. The van der Waals surface area contributed by atoms with Crippen LogP contribution in [0.5, 0.6) is 5.88 Å². The van der Waals surface area contributed by atoms with Gasteiger partial charge in [0, 0.05) is 12.7 Å². The van der Waals surface area contributed by atoms with Gasteiger partial charge in [-0.05, 0) is 18.2 Å². The molecule has 0 aliphatic heterocycles. The van der Waals surface area contributed by atoms with Gasteiger partial charge in [-0.3, -0.25) is 4.57 Å². The fourth-order valence-electron chi connectivity index (χ4n) is 1.47. The van der Waals surface area contributed by atoms with Crippen LogP contribution < -0.4 is 11.4 Å². The number of rotatable bonds is 1. The van der Waals surface area contributed by atoms with Crippen molar-refractivity contribution in [2.24, 2.45) is 7.05 Å². The summed E-state index contributed by atoms with van der Waals surface area (Å²) in [4.78, 5) is 11.7. The van der Waals surface area contributed by atoms with Crippen molar-refractivity contribution in [2.45, 2.75) is 0 Å². The number of nitrogen functional groups attached to an aromatic ring is 1. The van der Waals surface area contributed by atoms with Gasteiger partial charge in [-0.2, -0.15) is 0 Å². The first-order valence-electron chi connectivity index (χ1n) is 4.53. The molecule has 2 aromatic rings. The number of aryl methyl sites for hydroxylation is 1. The molecule has 1 aromatic carbocycles. The maximum Gasteiger partial charge on any atom is 0.335 e. The number of aromatic nitrogens is 2. The summed E-state index contributed by atoms with van der Waals surface area (Å²) in [6, 6.07) is 4.72. The van der Waals surface area contributed by atoms with E-state index < -0.39 is 0 Å². The molecular weight excluding hydrogens is 230 g/mol. The van der Waals surface area contributed by atoms with Crippen LogP contribution in [0.1, 0.15) is 0 Å². The van der Waals surface area contributed by atoms with Crippen LogP contribution in [0.25, 0.3) is 5.69 Å². The Bertz CT molecular complexity index is 601. The molecule has 0 saturated heterocycles. The highest BCUT2D eigenvalue weighted by molar-refractivity contribution is 6.32. The van der Waals surface area contributed by atoms with Gasteiger partial charge in [0.25, 0.3) is 0 Å². The Kier molecular flexibility index (Phi) is 2.40. The zero-order chi connectivity index (χ0) is 11.9. The van der Waals surface area contributed by atoms with Crippen molar-refractivity contribution in [1.82, 2.24) is 9.13 Å². The van der Waals surface area contributed by atoms with Crippen molar-refractivity contribution in [2.75, 3.05) is 5.73 Å². The summed E-state index contributed by atoms with van der Waals surface area (Å²) in [6.07, 6.45) is 1.31. The Balaban J connectivity index is 2.72. The number of aromatic hydroxyl groups is 1. The molecule has 2 rings (SSSR count). The molecule has 0 unspecified atom stereocenters. The lowest BCUT2D eigenvalue weighted by Crippen LogP contribution is -2.20. The average molecular weight is 240 g/mol. The highest BCUT2D eigenvalue weighted by Crippen LogP contribution is 2.24. The number of benzene rings is 1. The van der Waals surface area contributed by atoms with Crippen LogP contribution in [0.15, 0.2) is 29.2 Å². The smallest absolute Gasteiger partial charge is 0.335 e. The standard InChI is InChI=1S/C10H10ClN3O2/c1-13-5-9(15)14(10(13)16)8-3-2-6(12)4-7(8)11/h2-5,15H,12H2,1H3. The average Bonchev–Trinajstić information content (AvgIpc) is 2.43.